The zero-order valence-corrected chi connectivity index (χ0v) is 9.45. The van der Waals surface area contributed by atoms with Gasteiger partial charge in [0.15, 0.2) is 0 Å². The van der Waals surface area contributed by atoms with Crippen molar-refractivity contribution in [1.82, 2.24) is 15.1 Å². The molecular weight excluding hydrogens is 174 g/mol. The summed E-state index contributed by atoms with van der Waals surface area (Å²) in [6, 6.07) is 2.74. The minimum Gasteiger partial charge on any atom is -0.317 e. The van der Waals surface area contributed by atoms with Gasteiger partial charge in [0, 0.05) is 25.0 Å². The fourth-order valence-corrected chi connectivity index (χ4v) is 1.75. The fourth-order valence-electron chi connectivity index (χ4n) is 1.75. The number of aryl methyl sites for hydroxylation is 2. The summed E-state index contributed by atoms with van der Waals surface area (Å²) >= 11 is 0. The van der Waals surface area contributed by atoms with E-state index < -0.39 is 0 Å². The van der Waals surface area contributed by atoms with Crippen LogP contribution in [0.3, 0.4) is 0 Å². The highest BCUT2D eigenvalue weighted by atomic mass is 15.2. The third-order valence-corrected chi connectivity index (χ3v) is 2.72. The molecule has 0 saturated carbocycles. The second kappa shape index (κ2) is 5.81. The van der Waals surface area contributed by atoms with Gasteiger partial charge >= 0.3 is 0 Å². The number of hydrogen-bond donors (Lipinski definition) is 1. The highest BCUT2D eigenvalue weighted by Crippen LogP contribution is 2.07. The number of aromatic nitrogens is 2. The molecule has 1 heterocycles. The van der Waals surface area contributed by atoms with Crippen LogP contribution in [0.15, 0.2) is 12.3 Å². The summed E-state index contributed by atoms with van der Waals surface area (Å²) < 4.78 is 1.96. The fraction of sp³-hybridized carbons (Fsp3) is 0.727. The van der Waals surface area contributed by atoms with E-state index in [1.54, 1.807) is 0 Å². The van der Waals surface area contributed by atoms with Crippen molar-refractivity contribution in [3.05, 3.63) is 18.0 Å². The first kappa shape index (κ1) is 11.2. The van der Waals surface area contributed by atoms with Crippen LogP contribution in [0.5, 0.6) is 0 Å². The monoisotopic (exact) mass is 195 g/mol. The number of hydrogen-bond acceptors (Lipinski definition) is 2. The molecule has 1 atom stereocenters. The van der Waals surface area contributed by atoms with Gasteiger partial charge in [0.05, 0.1) is 0 Å². The lowest BCUT2D eigenvalue weighted by Crippen LogP contribution is -2.25. The van der Waals surface area contributed by atoms with Gasteiger partial charge in [-0.3, -0.25) is 4.68 Å². The van der Waals surface area contributed by atoms with E-state index in [-0.39, 0.29) is 0 Å². The molecule has 1 aromatic rings. The van der Waals surface area contributed by atoms with Gasteiger partial charge in [0.2, 0.25) is 0 Å². The molecule has 0 aliphatic heterocycles. The van der Waals surface area contributed by atoms with Crippen LogP contribution in [-0.2, 0) is 13.5 Å². The Morgan fingerprint density at radius 2 is 2.29 bits per heavy atom. The van der Waals surface area contributed by atoms with Crippen molar-refractivity contribution in [3.63, 3.8) is 0 Å². The van der Waals surface area contributed by atoms with Crippen LogP contribution in [0.4, 0.5) is 0 Å². The molecule has 3 heteroatoms. The molecule has 14 heavy (non-hydrogen) atoms. The lowest BCUT2D eigenvalue weighted by molar-refractivity contribution is 0.477. The van der Waals surface area contributed by atoms with E-state index in [0.717, 1.165) is 6.42 Å². The molecule has 0 bridgehead atoms. The van der Waals surface area contributed by atoms with Crippen molar-refractivity contribution in [1.29, 1.82) is 0 Å². The molecule has 1 N–H and O–H groups in total. The van der Waals surface area contributed by atoms with Crippen LogP contribution >= 0.6 is 0 Å². The van der Waals surface area contributed by atoms with E-state index in [2.05, 4.69) is 23.4 Å². The number of nitrogens with one attached hydrogen (secondary N) is 1. The van der Waals surface area contributed by atoms with E-state index >= 15 is 0 Å². The van der Waals surface area contributed by atoms with Crippen molar-refractivity contribution in [2.24, 2.45) is 7.05 Å². The molecule has 80 valence electrons. The predicted octanol–water partition coefficient (Wildman–Crippen LogP) is 1.74. The third-order valence-electron chi connectivity index (χ3n) is 2.72. The van der Waals surface area contributed by atoms with E-state index in [9.17, 15) is 0 Å². The Balaban J connectivity index is 2.35. The SMILES string of the molecule is CCCC(CCc1ccnn1C)NC. The van der Waals surface area contributed by atoms with Crippen LogP contribution in [0.2, 0.25) is 0 Å². The Morgan fingerprint density at radius 1 is 1.50 bits per heavy atom. The molecule has 0 saturated heterocycles. The van der Waals surface area contributed by atoms with Gasteiger partial charge in [-0.25, -0.2) is 0 Å². The summed E-state index contributed by atoms with van der Waals surface area (Å²) in [5.74, 6) is 0. The van der Waals surface area contributed by atoms with Gasteiger partial charge in [0.25, 0.3) is 0 Å². The zero-order valence-electron chi connectivity index (χ0n) is 9.45. The van der Waals surface area contributed by atoms with Gasteiger partial charge in [0.1, 0.15) is 0 Å². The van der Waals surface area contributed by atoms with Crippen molar-refractivity contribution >= 4 is 0 Å². The summed E-state index contributed by atoms with van der Waals surface area (Å²) in [6.45, 7) is 2.23. The van der Waals surface area contributed by atoms with Crippen molar-refractivity contribution in [2.45, 2.75) is 38.6 Å². The standard InChI is InChI=1S/C11H21N3/c1-4-5-10(12-2)6-7-11-8-9-13-14(11)3/h8-10,12H,4-7H2,1-3H3. The first-order valence-electron chi connectivity index (χ1n) is 5.42. The molecule has 0 aliphatic carbocycles. The molecule has 0 aromatic carbocycles. The van der Waals surface area contributed by atoms with Crippen LogP contribution in [0, 0.1) is 0 Å². The van der Waals surface area contributed by atoms with Gasteiger partial charge in [-0.05, 0) is 32.4 Å². The molecule has 0 fully saturated rings. The predicted molar refractivity (Wildman–Crippen MR) is 59.3 cm³/mol. The maximum Gasteiger partial charge on any atom is 0.0492 e. The Morgan fingerprint density at radius 3 is 2.79 bits per heavy atom. The molecule has 0 spiro atoms. The number of nitrogens with zero attached hydrogens (tertiary/aromatic N) is 2. The van der Waals surface area contributed by atoms with Crippen LogP contribution in [0.25, 0.3) is 0 Å². The van der Waals surface area contributed by atoms with Crippen LogP contribution in [-0.4, -0.2) is 22.9 Å². The maximum absolute atomic E-state index is 4.16. The first-order chi connectivity index (χ1) is 6.77. The van der Waals surface area contributed by atoms with Gasteiger partial charge in [-0.15, -0.1) is 0 Å². The normalized spacial score (nSPS) is 13.1. The van der Waals surface area contributed by atoms with E-state index in [0.29, 0.717) is 6.04 Å². The van der Waals surface area contributed by atoms with E-state index in [1.165, 1.54) is 25.0 Å². The van der Waals surface area contributed by atoms with Crippen molar-refractivity contribution in [2.75, 3.05) is 7.05 Å². The minimum atomic E-state index is 0.648. The first-order valence-corrected chi connectivity index (χ1v) is 5.42. The van der Waals surface area contributed by atoms with Crippen molar-refractivity contribution < 1.29 is 0 Å². The summed E-state index contributed by atoms with van der Waals surface area (Å²) in [5, 5.41) is 7.52. The van der Waals surface area contributed by atoms with Crippen molar-refractivity contribution in [3.8, 4) is 0 Å². The second-order valence-electron chi connectivity index (χ2n) is 3.76. The molecule has 0 aliphatic rings. The Labute approximate surface area is 86.5 Å². The van der Waals surface area contributed by atoms with Crippen LogP contribution in [0.1, 0.15) is 31.9 Å². The third kappa shape index (κ3) is 3.14. The average Bonchev–Trinajstić information content (AvgIpc) is 2.59. The summed E-state index contributed by atoms with van der Waals surface area (Å²) in [7, 11) is 4.05. The van der Waals surface area contributed by atoms with Gasteiger partial charge < -0.3 is 5.32 Å². The molecule has 1 rings (SSSR count). The molecule has 0 amide bonds. The topological polar surface area (TPSA) is 29.9 Å². The maximum atomic E-state index is 4.16. The zero-order chi connectivity index (χ0) is 10.4. The highest BCUT2D eigenvalue weighted by Gasteiger charge is 2.06. The quantitative estimate of drug-likeness (QED) is 0.749. The molecule has 1 unspecified atom stereocenters. The van der Waals surface area contributed by atoms with Gasteiger partial charge in [-0.1, -0.05) is 13.3 Å². The van der Waals surface area contributed by atoms with E-state index in [4.69, 9.17) is 0 Å². The van der Waals surface area contributed by atoms with E-state index in [1.807, 2.05) is 25.0 Å². The summed E-state index contributed by atoms with van der Waals surface area (Å²) in [4.78, 5) is 0. The van der Waals surface area contributed by atoms with Gasteiger partial charge in [-0.2, -0.15) is 5.10 Å². The number of rotatable bonds is 6. The molecule has 0 radical (unpaired) electrons. The lowest BCUT2D eigenvalue weighted by Gasteiger charge is -2.14. The summed E-state index contributed by atoms with van der Waals surface area (Å²) in [5.41, 5.74) is 1.32. The molecule has 3 nitrogen and oxygen atoms in total. The van der Waals surface area contributed by atoms with Crippen LogP contribution < -0.4 is 5.32 Å². The Bertz CT molecular complexity index is 255. The Hall–Kier alpha value is -0.830. The smallest absolute Gasteiger partial charge is 0.0492 e. The Kier molecular flexibility index (Phi) is 4.66. The lowest BCUT2D eigenvalue weighted by atomic mass is 10.1. The summed E-state index contributed by atoms with van der Waals surface area (Å²) in [6.07, 6.45) is 6.68. The molecular formula is C11H21N3. The largest absolute Gasteiger partial charge is 0.317 e. The minimum absolute atomic E-state index is 0.648. The average molecular weight is 195 g/mol. The molecule has 1 aromatic heterocycles. The highest BCUT2D eigenvalue weighted by molar-refractivity contribution is 5.00. The second-order valence-corrected chi connectivity index (χ2v) is 3.76.